The predicted octanol–water partition coefficient (Wildman–Crippen LogP) is 4.26. The average Bonchev–Trinajstić information content (AvgIpc) is 3.12. The van der Waals surface area contributed by atoms with E-state index in [1.807, 2.05) is 50.2 Å². The molecule has 0 saturated heterocycles. The van der Waals surface area contributed by atoms with Crippen LogP contribution in [0.3, 0.4) is 0 Å². The van der Waals surface area contributed by atoms with Crippen molar-refractivity contribution in [1.29, 1.82) is 0 Å². The van der Waals surface area contributed by atoms with Crippen molar-refractivity contribution in [3.05, 3.63) is 64.7 Å². The van der Waals surface area contributed by atoms with Gasteiger partial charge in [-0.3, -0.25) is 0 Å². The molecule has 0 unspecified atom stereocenters. The van der Waals surface area contributed by atoms with E-state index in [1.165, 1.54) is 0 Å². The van der Waals surface area contributed by atoms with Crippen molar-refractivity contribution in [3.63, 3.8) is 0 Å². The summed E-state index contributed by atoms with van der Waals surface area (Å²) in [5, 5.41) is 0.920. The standard InChI is InChI=1S/C21H22N2O3S2/c1-3-26-17-10-8-16(9-11-17)21-22-18-12-13-23(14-19(18)27-21)28(24,25)20-7-5-4-6-15(20)2/h4-11H,3,12-14H2,1-2H3. The molecule has 4 rings (SSSR count). The first-order valence-corrected chi connectivity index (χ1v) is 11.5. The Balaban J connectivity index is 1.59. The van der Waals surface area contributed by atoms with E-state index in [2.05, 4.69) is 0 Å². The van der Waals surface area contributed by atoms with E-state index < -0.39 is 10.0 Å². The Hall–Kier alpha value is -2.22. The van der Waals surface area contributed by atoms with E-state index in [0.717, 1.165) is 32.5 Å². The third kappa shape index (κ3) is 3.57. The SMILES string of the molecule is CCOc1ccc(-c2nc3c(s2)CN(S(=O)(=O)c2ccccc2C)CC3)cc1. The van der Waals surface area contributed by atoms with Gasteiger partial charge in [0, 0.05) is 23.4 Å². The van der Waals surface area contributed by atoms with E-state index in [1.54, 1.807) is 27.8 Å². The highest BCUT2D eigenvalue weighted by Gasteiger charge is 2.31. The number of aryl methyl sites for hydroxylation is 1. The molecule has 0 bridgehead atoms. The lowest BCUT2D eigenvalue weighted by Crippen LogP contribution is -2.35. The maximum atomic E-state index is 13.1. The fourth-order valence-corrected chi connectivity index (χ4v) is 6.19. The topological polar surface area (TPSA) is 59.5 Å². The van der Waals surface area contributed by atoms with Gasteiger partial charge in [0.05, 0.1) is 23.7 Å². The molecule has 1 aliphatic heterocycles. The van der Waals surface area contributed by atoms with Gasteiger partial charge in [-0.15, -0.1) is 11.3 Å². The number of hydrogen-bond acceptors (Lipinski definition) is 5. The van der Waals surface area contributed by atoms with E-state index in [4.69, 9.17) is 9.72 Å². The minimum absolute atomic E-state index is 0.376. The van der Waals surface area contributed by atoms with E-state index in [0.29, 0.717) is 31.0 Å². The first-order chi connectivity index (χ1) is 13.5. The molecule has 146 valence electrons. The number of thiazole rings is 1. The van der Waals surface area contributed by atoms with Gasteiger partial charge in [-0.25, -0.2) is 13.4 Å². The van der Waals surface area contributed by atoms with Crippen LogP contribution in [-0.4, -0.2) is 30.9 Å². The summed E-state index contributed by atoms with van der Waals surface area (Å²) in [5.74, 6) is 0.836. The summed E-state index contributed by atoms with van der Waals surface area (Å²) in [7, 11) is -3.51. The summed E-state index contributed by atoms with van der Waals surface area (Å²) >= 11 is 1.57. The molecule has 0 fully saturated rings. The summed E-state index contributed by atoms with van der Waals surface area (Å²) < 4.78 is 33.2. The van der Waals surface area contributed by atoms with Crippen LogP contribution in [0.2, 0.25) is 0 Å². The van der Waals surface area contributed by atoms with Crippen molar-refractivity contribution < 1.29 is 13.2 Å². The third-order valence-corrected chi connectivity index (χ3v) is 7.96. The molecule has 0 saturated carbocycles. The zero-order valence-corrected chi connectivity index (χ0v) is 17.5. The molecule has 0 atom stereocenters. The highest BCUT2D eigenvalue weighted by atomic mass is 32.2. The monoisotopic (exact) mass is 414 g/mol. The van der Waals surface area contributed by atoms with Crippen molar-refractivity contribution in [2.45, 2.75) is 31.7 Å². The minimum Gasteiger partial charge on any atom is -0.494 e. The molecular formula is C21H22N2O3S2. The second-order valence-corrected chi connectivity index (χ2v) is 9.69. The highest BCUT2D eigenvalue weighted by Crippen LogP contribution is 2.34. The Bertz CT molecular complexity index is 1090. The second-order valence-electron chi connectivity index (χ2n) is 6.70. The Morgan fingerprint density at radius 3 is 2.61 bits per heavy atom. The second kappa shape index (κ2) is 7.66. The van der Waals surface area contributed by atoms with Crippen LogP contribution in [0.15, 0.2) is 53.4 Å². The number of benzene rings is 2. The maximum Gasteiger partial charge on any atom is 0.243 e. The van der Waals surface area contributed by atoms with Crippen molar-refractivity contribution in [3.8, 4) is 16.3 Å². The zero-order valence-electron chi connectivity index (χ0n) is 15.9. The molecule has 2 heterocycles. The number of fused-ring (bicyclic) bond motifs is 1. The largest absolute Gasteiger partial charge is 0.494 e. The van der Waals surface area contributed by atoms with Crippen LogP contribution < -0.4 is 4.74 Å². The van der Waals surface area contributed by atoms with Crippen LogP contribution in [-0.2, 0) is 23.0 Å². The number of hydrogen-bond donors (Lipinski definition) is 0. The average molecular weight is 415 g/mol. The molecule has 0 amide bonds. The summed E-state index contributed by atoms with van der Waals surface area (Å²) in [4.78, 5) is 6.16. The lowest BCUT2D eigenvalue weighted by Gasteiger charge is -2.26. The number of sulfonamides is 1. The summed E-state index contributed by atoms with van der Waals surface area (Å²) in [6, 6.07) is 15.0. The minimum atomic E-state index is -3.51. The molecule has 0 radical (unpaired) electrons. The number of aromatic nitrogens is 1. The van der Waals surface area contributed by atoms with Crippen LogP contribution in [0.1, 0.15) is 23.1 Å². The van der Waals surface area contributed by atoms with Crippen molar-refractivity contribution in [2.75, 3.05) is 13.2 Å². The van der Waals surface area contributed by atoms with Crippen LogP contribution in [0, 0.1) is 6.92 Å². The molecule has 0 spiro atoms. The van der Waals surface area contributed by atoms with Gasteiger partial charge in [0.1, 0.15) is 10.8 Å². The number of rotatable bonds is 5. The van der Waals surface area contributed by atoms with Crippen LogP contribution >= 0.6 is 11.3 Å². The summed E-state index contributed by atoms with van der Waals surface area (Å²) in [5.41, 5.74) is 2.80. The van der Waals surface area contributed by atoms with Gasteiger partial charge in [-0.1, -0.05) is 18.2 Å². The van der Waals surface area contributed by atoms with Crippen molar-refractivity contribution in [2.24, 2.45) is 0 Å². The van der Waals surface area contributed by atoms with Crippen molar-refractivity contribution in [1.82, 2.24) is 9.29 Å². The highest BCUT2D eigenvalue weighted by molar-refractivity contribution is 7.89. The molecule has 1 aromatic heterocycles. The summed E-state index contributed by atoms with van der Waals surface area (Å²) in [6.45, 7) is 5.26. The molecule has 28 heavy (non-hydrogen) atoms. The Morgan fingerprint density at radius 1 is 1.14 bits per heavy atom. The van der Waals surface area contributed by atoms with Gasteiger partial charge in [0.2, 0.25) is 10.0 Å². The maximum absolute atomic E-state index is 13.1. The fourth-order valence-electron chi connectivity index (χ4n) is 3.35. The lowest BCUT2D eigenvalue weighted by atomic mass is 10.2. The Labute approximate surface area is 169 Å². The van der Waals surface area contributed by atoms with E-state index >= 15 is 0 Å². The molecule has 7 heteroatoms. The Morgan fingerprint density at radius 2 is 1.89 bits per heavy atom. The van der Waals surface area contributed by atoms with Gasteiger partial charge in [0.25, 0.3) is 0 Å². The zero-order chi connectivity index (χ0) is 19.7. The van der Waals surface area contributed by atoms with Crippen LogP contribution in [0.25, 0.3) is 10.6 Å². The quantitative estimate of drug-likeness (QED) is 0.626. The van der Waals surface area contributed by atoms with Crippen LogP contribution in [0.5, 0.6) is 5.75 Å². The van der Waals surface area contributed by atoms with Gasteiger partial charge in [-0.05, 0) is 49.7 Å². The molecule has 0 aliphatic carbocycles. The van der Waals surface area contributed by atoms with Gasteiger partial charge < -0.3 is 4.74 Å². The van der Waals surface area contributed by atoms with Crippen molar-refractivity contribution >= 4 is 21.4 Å². The molecular weight excluding hydrogens is 392 g/mol. The molecule has 3 aromatic rings. The third-order valence-electron chi connectivity index (χ3n) is 4.82. The number of nitrogens with zero attached hydrogens (tertiary/aromatic N) is 2. The molecule has 1 aliphatic rings. The Kier molecular flexibility index (Phi) is 5.23. The smallest absolute Gasteiger partial charge is 0.243 e. The summed E-state index contributed by atoms with van der Waals surface area (Å²) in [6.07, 6.45) is 0.633. The fraction of sp³-hybridized carbons (Fsp3) is 0.286. The first-order valence-electron chi connectivity index (χ1n) is 9.26. The molecule has 5 nitrogen and oxygen atoms in total. The normalized spacial score (nSPS) is 14.6. The van der Waals surface area contributed by atoms with Gasteiger partial charge >= 0.3 is 0 Å². The first kappa shape index (κ1) is 19.1. The predicted molar refractivity (Wildman–Crippen MR) is 111 cm³/mol. The molecule has 0 N–H and O–H groups in total. The van der Waals surface area contributed by atoms with E-state index in [9.17, 15) is 8.42 Å². The van der Waals surface area contributed by atoms with E-state index in [-0.39, 0.29) is 0 Å². The number of ether oxygens (including phenoxy) is 1. The lowest BCUT2D eigenvalue weighted by molar-refractivity contribution is 0.340. The van der Waals surface area contributed by atoms with Gasteiger partial charge in [0.15, 0.2) is 0 Å². The molecule has 2 aromatic carbocycles. The van der Waals surface area contributed by atoms with Crippen LogP contribution in [0.4, 0.5) is 0 Å². The van der Waals surface area contributed by atoms with Gasteiger partial charge in [-0.2, -0.15) is 4.31 Å².